The van der Waals surface area contributed by atoms with Gasteiger partial charge in [0.05, 0.1) is 18.4 Å². The van der Waals surface area contributed by atoms with E-state index in [2.05, 4.69) is 15.6 Å². The van der Waals surface area contributed by atoms with Crippen molar-refractivity contribution < 1.29 is 22.7 Å². The fourth-order valence-electron chi connectivity index (χ4n) is 2.55. The van der Waals surface area contributed by atoms with Crippen LogP contribution in [0.3, 0.4) is 0 Å². The van der Waals surface area contributed by atoms with E-state index in [0.29, 0.717) is 22.6 Å². The van der Waals surface area contributed by atoms with E-state index in [1.54, 1.807) is 37.4 Å². The zero-order valence-electron chi connectivity index (χ0n) is 14.9. The number of nitrogens with one attached hydrogen (secondary N) is 1. The Bertz CT molecular complexity index is 952. The van der Waals surface area contributed by atoms with Crippen molar-refractivity contribution in [2.45, 2.75) is 19.6 Å². The molecular weight excluding hydrogens is 373 g/mol. The van der Waals surface area contributed by atoms with Gasteiger partial charge in [0.1, 0.15) is 12.2 Å². The van der Waals surface area contributed by atoms with Crippen molar-refractivity contribution in [2.75, 3.05) is 11.9 Å². The van der Waals surface area contributed by atoms with Gasteiger partial charge in [-0.05, 0) is 37.3 Å². The lowest BCUT2D eigenvalue weighted by Crippen LogP contribution is -2.13. The van der Waals surface area contributed by atoms with Gasteiger partial charge < -0.3 is 10.1 Å². The molecule has 0 fully saturated rings. The van der Waals surface area contributed by atoms with E-state index in [1.807, 2.05) is 0 Å². The first-order valence-corrected chi connectivity index (χ1v) is 8.46. The highest BCUT2D eigenvalue weighted by Gasteiger charge is 2.29. The highest BCUT2D eigenvalue weighted by molar-refractivity contribution is 5.79. The number of aromatic nitrogens is 3. The molecule has 3 aromatic rings. The number of alkyl halides is 3. The summed E-state index contributed by atoms with van der Waals surface area (Å²) in [6.07, 6.45) is -2.78. The summed E-state index contributed by atoms with van der Waals surface area (Å²) in [5, 5.41) is 11.1. The second kappa shape index (κ2) is 8.12. The van der Waals surface area contributed by atoms with Crippen molar-refractivity contribution in [1.82, 2.24) is 15.0 Å². The minimum atomic E-state index is -4.38. The number of halogens is 3. The molecule has 1 N–H and O–H groups in total. The quantitative estimate of drug-likeness (QED) is 0.637. The van der Waals surface area contributed by atoms with Gasteiger partial charge in [0, 0.05) is 16.9 Å². The summed E-state index contributed by atoms with van der Waals surface area (Å²) in [5.41, 5.74) is 1.63. The number of anilines is 2. The molecule has 0 saturated carbocycles. The maximum absolute atomic E-state index is 12.7. The molecule has 0 bridgehead atoms. The van der Waals surface area contributed by atoms with Crippen LogP contribution in [0.25, 0.3) is 11.3 Å². The Morgan fingerprint density at radius 1 is 1.14 bits per heavy atom. The summed E-state index contributed by atoms with van der Waals surface area (Å²) in [6, 6.07) is 11.9. The number of rotatable bonds is 6. The molecule has 0 spiro atoms. The lowest BCUT2D eigenvalue weighted by atomic mass is 10.1. The lowest BCUT2D eigenvalue weighted by molar-refractivity contribution is -0.144. The maximum atomic E-state index is 12.7. The van der Waals surface area contributed by atoms with Gasteiger partial charge in [-0.2, -0.15) is 13.2 Å². The van der Waals surface area contributed by atoms with E-state index in [1.165, 1.54) is 16.8 Å². The molecule has 6 nitrogen and oxygen atoms in total. The Balaban J connectivity index is 1.80. The molecule has 1 aromatic heterocycles. The van der Waals surface area contributed by atoms with Gasteiger partial charge >= 0.3 is 12.1 Å². The van der Waals surface area contributed by atoms with Crippen molar-refractivity contribution in [3.63, 3.8) is 0 Å². The lowest BCUT2D eigenvalue weighted by Gasteiger charge is -2.12. The zero-order valence-corrected chi connectivity index (χ0v) is 14.9. The third kappa shape index (κ3) is 4.67. The minimum Gasteiger partial charge on any atom is -0.465 e. The van der Waals surface area contributed by atoms with Crippen LogP contribution in [0, 0.1) is 0 Å². The first-order chi connectivity index (χ1) is 13.4. The molecule has 0 aliphatic heterocycles. The van der Waals surface area contributed by atoms with Gasteiger partial charge in [-0.25, -0.2) is 4.68 Å². The van der Waals surface area contributed by atoms with Crippen LogP contribution in [0.15, 0.2) is 54.7 Å². The fraction of sp³-hybridized carbons (Fsp3) is 0.211. The predicted molar refractivity (Wildman–Crippen MR) is 96.8 cm³/mol. The molecule has 0 amide bonds. The van der Waals surface area contributed by atoms with E-state index in [0.717, 1.165) is 12.1 Å². The largest absolute Gasteiger partial charge is 0.465 e. The molecule has 0 atom stereocenters. The number of hydrogen-bond donors (Lipinski definition) is 1. The second-order valence-corrected chi connectivity index (χ2v) is 5.85. The van der Waals surface area contributed by atoms with Gasteiger partial charge in [0.2, 0.25) is 0 Å². The van der Waals surface area contributed by atoms with E-state index in [4.69, 9.17) is 4.74 Å². The molecule has 0 radical (unpaired) electrons. The Hall–Kier alpha value is -3.36. The van der Waals surface area contributed by atoms with Crippen molar-refractivity contribution in [3.05, 3.63) is 60.3 Å². The monoisotopic (exact) mass is 390 g/mol. The van der Waals surface area contributed by atoms with Gasteiger partial charge in [-0.15, -0.1) is 5.10 Å². The van der Waals surface area contributed by atoms with Crippen LogP contribution in [0.1, 0.15) is 12.5 Å². The summed E-state index contributed by atoms with van der Waals surface area (Å²) in [5.74, 6) is -0.421. The van der Waals surface area contributed by atoms with Gasteiger partial charge in [0.25, 0.3) is 0 Å². The smallest absolute Gasteiger partial charge is 0.416 e. The standard InChI is InChI=1S/C19H17F3N4O2/c1-2-28-18(27)12-26-11-17(24-25-26)15-5-3-4-6-16(15)23-14-9-7-13(8-10-14)19(20,21)22/h3-11,23H,2,12H2,1H3. The second-order valence-electron chi connectivity index (χ2n) is 5.85. The molecule has 3 rings (SSSR count). The van der Waals surface area contributed by atoms with Crippen LogP contribution in [0.5, 0.6) is 0 Å². The average molecular weight is 390 g/mol. The number of para-hydroxylation sites is 1. The van der Waals surface area contributed by atoms with E-state index in [-0.39, 0.29) is 13.2 Å². The number of esters is 1. The molecule has 0 aliphatic carbocycles. The molecule has 0 saturated heterocycles. The van der Waals surface area contributed by atoms with Crippen LogP contribution in [0.2, 0.25) is 0 Å². The van der Waals surface area contributed by atoms with Gasteiger partial charge in [-0.3, -0.25) is 4.79 Å². The van der Waals surface area contributed by atoms with Crippen molar-refractivity contribution in [3.8, 4) is 11.3 Å². The maximum Gasteiger partial charge on any atom is 0.416 e. The molecule has 0 unspecified atom stereocenters. The summed E-state index contributed by atoms with van der Waals surface area (Å²) < 4.78 is 44.3. The highest BCUT2D eigenvalue weighted by atomic mass is 19.4. The van der Waals surface area contributed by atoms with E-state index in [9.17, 15) is 18.0 Å². The number of carbonyl (C=O) groups is 1. The average Bonchev–Trinajstić information content (AvgIpc) is 3.10. The number of nitrogens with zero attached hydrogens (tertiary/aromatic N) is 3. The summed E-state index contributed by atoms with van der Waals surface area (Å²) in [6.45, 7) is 1.93. The summed E-state index contributed by atoms with van der Waals surface area (Å²) in [4.78, 5) is 11.6. The SMILES string of the molecule is CCOC(=O)Cn1cc(-c2ccccc2Nc2ccc(C(F)(F)F)cc2)nn1. The molecule has 9 heteroatoms. The summed E-state index contributed by atoms with van der Waals surface area (Å²) >= 11 is 0. The fourth-order valence-corrected chi connectivity index (χ4v) is 2.55. The molecular formula is C19H17F3N4O2. The molecule has 0 aliphatic rings. The Kier molecular flexibility index (Phi) is 5.62. The van der Waals surface area contributed by atoms with E-state index < -0.39 is 17.7 Å². The van der Waals surface area contributed by atoms with Crippen LogP contribution in [-0.2, 0) is 22.3 Å². The Morgan fingerprint density at radius 2 is 1.86 bits per heavy atom. The van der Waals surface area contributed by atoms with Crippen LogP contribution in [0.4, 0.5) is 24.5 Å². The normalized spacial score (nSPS) is 11.3. The van der Waals surface area contributed by atoms with Crippen LogP contribution < -0.4 is 5.32 Å². The first kappa shape index (κ1) is 19.4. The highest BCUT2D eigenvalue weighted by Crippen LogP contribution is 2.32. The van der Waals surface area contributed by atoms with E-state index >= 15 is 0 Å². The van der Waals surface area contributed by atoms with Gasteiger partial charge in [-0.1, -0.05) is 23.4 Å². The Morgan fingerprint density at radius 3 is 2.54 bits per heavy atom. The Labute approximate surface area is 158 Å². The van der Waals surface area contributed by atoms with Crippen molar-refractivity contribution >= 4 is 17.3 Å². The zero-order chi connectivity index (χ0) is 20.1. The third-order valence-corrected chi connectivity index (χ3v) is 3.83. The summed E-state index contributed by atoms with van der Waals surface area (Å²) in [7, 11) is 0. The van der Waals surface area contributed by atoms with Gasteiger partial charge in [0.15, 0.2) is 0 Å². The first-order valence-electron chi connectivity index (χ1n) is 8.46. The van der Waals surface area contributed by atoms with Crippen molar-refractivity contribution in [1.29, 1.82) is 0 Å². The number of benzene rings is 2. The molecule has 28 heavy (non-hydrogen) atoms. The third-order valence-electron chi connectivity index (χ3n) is 3.83. The predicted octanol–water partition coefficient (Wildman–Crippen LogP) is 4.27. The molecule has 146 valence electrons. The molecule has 2 aromatic carbocycles. The van der Waals surface area contributed by atoms with Crippen LogP contribution >= 0.6 is 0 Å². The number of carbonyl (C=O) groups excluding carboxylic acids is 1. The topological polar surface area (TPSA) is 69.0 Å². The van der Waals surface area contributed by atoms with Crippen molar-refractivity contribution in [2.24, 2.45) is 0 Å². The minimum absolute atomic E-state index is 0.0602. The number of ether oxygens (including phenoxy) is 1. The van der Waals surface area contributed by atoms with Crippen LogP contribution in [-0.4, -0.2) is 27.6 Å². The number of hydrogen-bond acceptors (Lipinski definition) is 5. The molecule has 1 heterocycles.